The monoisotopic (exact) mass is 387 g/mol. The summed E-state index contributed by atoms with van der Waals surface area (Å²) < 4.78 is 10.7. The van der Waals surface area contributed by atoms with Crippen molar-refractivity contribution in [3.05, 3.63) is 47.7 Å². The average molecular weight is 388 g/mol. The molecule has 25 heavy (non-hydrogen) atoms. The van der Waals surface area contributed by atoms with Gasteiger partial charge in [0.2, 0.25) is 11.8 Å². The van der Waals surface area contributed by atoms with Crippen molar-refractivity contribution in [3.8, 4) is 11.6 Å². The van der Waals surface area contributed by atoms with Crippen LogP contribution < -0.4 is 15.8 Å². The van der Waals surface area contributed by atoms with Crippen LogP contribution in [-0.2, 0) is 9.53 Å². The van der Waals surface area contributed by atoms with Crippen molar-refractivity contribution in [1.82, 2.24) is 4.98 Å². The number of nitrogens with two attached hydrogens (primary N) is 1. The zero-order valence-electron chi connectivity index (χ0n) is 14.3. The van der Waals surface area contributed by atoms with Crippen molar-refractivity contribution in [2.75, 3.05) is 19.0 Å². The fourth-order valence-corrected chi connectivity index (χ4v) is 1.99. The first kappa shape index (κ1) is 23.1. The zero-order chi connectivity index (χ0) is 16.8. The number of hydrogen-bond acceptors (Lipinski definition) is 5. The van der Waals surface area contributed by atoms with E-state index >= 15 is 0 Å². The first-order chi connectivity index (χ1) is 11.0. The van der Waals surface area contributed by atoms with Crippen LogP contribution in [0.5, 0.6) is 11.6 Å². The summed E-state index contributed by atoms with van der Waals surface area (Å²) in [5.74, 6) is 0.658. The number of rotatable bonds is 6. The quantitative estimate of drug-likeness (QED) is 0.794. The highest BCUT2D eigenvalue weighted by Gasteiger charge is 2.16. The van der Waals surface area contributed by atoms with E-state index in [1.807, 2.05) is 32.0 Å². The summed E-state index contributed by atoms with van der Waals surface area (Å²) in [5, 5.41) is 2.72. The molecule has 1 aromatic carbocycles. The highest BCUT2D eigenvalue weighted by atomic mass is 35.5. The molecule has 0 bridgehead atoms. The minimum Gasteiger partial charge on any atom is -0.437 e. The number of nitrogens with zero attached hydrogens (tertiary/aromatic N) is 1. The third-order valence-corrected chi connectivity index (χ3v) is 3.47. The van der Waals surface area contributed by atoms with Gasteiger partial charge in [-0.1, -0.05) is 12.1 Å². The Hall–Kier alpha value is -1.86. The second kappa shape index (κ2) is 10.9. The van der Waals surface area contributed by atoms with Crippen LogP contribution in [0.15, 0.2) is 36.5 Å². The summed E-state index contributed by atoms with van der Waals surface area (Å²) in [4.78, 5) is 16.2. The summed E-state index contributed by atoms with van der Waals surface area (Å²) in [5.41, 5.74) is 8.32. The lowest BCUT2D eigenvalue weighted by molar-refractivity contribution is -0.118. The molecule has 1 amide bonds. The van der Waals surface area contributed by atoms with E-state index in [2.05, 4.69) is 10.3 Å². The molecule has 1 unspecified atom stereocenters. The van der Waals surface area contributed by atoms with Crippen molar-refractivity contribution in [3.63, 3.8) is 0 Å². The minimum absolute atomic E-state index is 0. The number of aromatic nitrogens is 1. The number of anilines is 1. The molecule has 138 valence electrons. The number of nitrogens with one attached hydrogen (secondary N) is 1. The van der Waals surface area contributed by atoms with Gasteiger partial charge in [-0.3, -0.25) is 4.79 Å². The molecule has 0 fully saturated rings. The lowest BCUT2D eigenvalue weighted by Crippen LogP contribution is -2.39. The molecule has 3 N–H and O–H groups in total. The SMILES string of the molecule is COCC(N)C(=O)Nc1cccnc1Oc1cccc(C)c1C.Cl.Cl. The topological polar surface area (TPSA) is 86.5 Å². The number of benzene rings is 1. The van der Waals surface area contributed by atoms with E-state index in [0.29, 0.717) is 17.3 Å². The zero-order valence-corrected chi connectivity index (χ0v) is 15.9. The van der Waals surface area contributed by atoms with Gasteiger partial charge in [0.15, 0.2) is 0 Å². The Morgan fingerprint density at radius 1 is 1.24 bits per heavy atom. The largest absolute Gasteiger partial charge is 0.437 e. The van der Waals surface area contributed by atoms with E-state index in [4.69, 9.17) is 15.2 Å². The summed E-state index contributed by atoms with van der Waals surface area (Å²) in [6.07, 6.45) is 1.60. The lowest BCUT2D eigenvalue weighted by atomic mass is 10.1. The average Bonchev–Trinajstić information content (AvgIpc) is 2.53. The molecule has 2 aromatic rings. The van der Waals surface area contributed by atoms with Gasteiger partial charge in [0.05, 0.1) is 6.61 Å². The molecule has 0 radical (unpaired) electrons. The standard InChI is InChI=1S/C17H21N3O3.2ClH/c1-11-6-4-8-15(12(11)2)23-17-14(7-5-9-19-17)20-16(21)13(18)10-22-3;;/h4-9,13H,10,18H2,1-3H3,(H,20,21);2*1H. The summed E-state index contributed by atoms with van der Waals surface area (Å²) in [6.45, 7) is 4.12. The number of halogens is 2. The van der Waals surface area contributed by atoms with Crippen LogP contribution in [0.25, 0.3) is 0 Å². The Balaban J connectivity index is 0.00000288. The van der Waals surface area contributed by atoms with Crippen LogP contribution in [0.1, 0.15) is 11.1 Å². The number of pyridine rings is 1. The minimum atomic E-state index is -0.756. The molecule has 8 heteroatoms. The highest BCUT2D eigenvalue weighted by Crippen LogP contribution is 2.30. The molecule has 1 heterocycles. The normalized spacial score (nSPS) is 10.9. The summed E-state index contributed by atoms with van der Waals surface area (Å²) in [7, 11) is 1.49. The van der Waals surface area contributed by atoms with Gasteiger partial charge in [0.1, 0.15) is 17.5 Å². The van der Waals surface area contributed by atoms with Crippen molar-refractivity contribution in [2.45, 2.75) is 19.9 Å². The van der Waals surface area contributed by atoms with Gasteiger partial charge in [-0.2, -0.15) is 0 Å². The smallest absolute Gasteiger partial charge is 0.243 e. The van der Waals surface area contributed by atoms with Crippen molar-refractivity contribution < 1.29 is 14.3 Å². The van der Waals surface area contributed by atoms with Gasteiger partial charge >= 0.3 is 0 Å². The van der Waals surface area contributed by atoms with Crippen LogP contribution >= 0.6 is 24.8 Å². The summed E-state index contributed by atoms with van der Waals surface area (Å²) in [6, 6.07) is 8.45. The molecule has 0 aliphatic carbocycles. The van der Waals surface area contributed by atoms with E-state index in [0.717, 1.165) is 11.1 Å². The highest BCUT2D eigenvalue weighted by molar-refractivity contribution is 5.95. The Kier molecular flexibility index (Phi) is 10.1. The fourth-order valence-electron chi connectivity index (χ4n) is 1.99. The molecule has 1 atom stereocenters. The van der Waals surface area contributed by atoms with E-state index in [1.165, 1.54) is 7.11 Å². The number of ether oxygens (including phenoxy) is 2. The Morgan fingerprint density at radius 3 is 2.64 bits per heavy atom. The molecular weight excluding hydrogens is 365 g/mol. The van der Waals surface area contributed by atoms with Gasteiger partial charge in [0.25, 0.3) is 0 Å². The number of hydrogen-bond donors (Lipinski definition) is 2. The maximum Gasteiger partial charge on any atom is 0.243 e. The van der Waals surface area contributed by atoms with Crippen molar-refractivity contribution in [1.29, 1.82) is 0 Å². The van der Waals surface area contributed by atoms with E-state index < -0.39 is 6.04 Å². The van der Waals surface area contributed by atoms with Crippen molar-refractivity contribution in [2.24, 2.45) is 5.73 Å². The first-order valence-electron chi connectivity index (χ1n) is 7.27. The second-order valence-electron chi connectivity index (χ2n) is 5.21. The maximum atomic E-state index is 12.0. The van der Waals surface area contributed by atoms with Crippen LogP contribution in [-0.4, -0.2) is 30.6 Å². The summed E-state index contributed by atoms with van der Waals surface area (Å²) >= 11 is 0. The van der Waals surface area contributed by atoms with Gasteiger partial charge < -0.3 is 20.5 Å². The molecule has 2 rings (SSSR count). The predicted octanol–water partition coefficient (Wildman–Crippen LogP) is 3.25. The van der Waals surface area contributed by atoms with E-state index in [-0.39, 0.29) is 37.3 Å². The molecular formula is C17H23Cl2N3O3. The number of amides is 1. The van der Waals surface area contributed by atoms with Crippen molar-refractivity contribution >= 4 is 36.4 Å². The Bertz CT molecular complexity index is 699. The van der Waals surface area contributed by atoms with E-state index in [1.54, 1.807) is 18.3 Å². The third-order valence-electron chi connectivity index (χ3n) is 3.47. The van der Waals surface area contributed by atoms with E-state index in [9.17, 15) is 4.79 Å². The number of methoxy groups -OCH3 is 1. The van der Waals surface area contributed by atoms with Gasteiger partial charge in [-0.15, -0.1) is 24.8 Å². The molecule has 1 aromatic heterocycles. The van der Waals surface area contributed by atoms with Crippen LogP contribution in [0, 0.1) is 13.8 Å². The Labute approximate surface area is 159 Å². The molecule has 6 nitrogen and oxygen atoms in total. The van der Waals surface area contributed by atoms with Crippen LogP contribution in [0.4, 0.5) is 5.69 Å². The molecule has 0 aliphatic rings. The second-order valence-corrected chi connectivity index (χ2v) is 5.21. The third kappa shape index (κ3) is 6.17. The maximum absolute atomic E-state index is 12.0. The molecule has 0 aliphatic heterocycles. The molecule has 0 saturated carbocycles. The fraction of sp³-hybridized carbons (Fsp3) is 0.294. The number of aryl methyl sites for hydroxylation is 1. The van der Waals surface area contributed by atoms with Crippen LogP contribution in [0.3, 0.4) is 0 Å². The van der Waals surface area contributed by atoms with Crippen LogP contribution in [0.2, 0.25) is 0 Å². The number of carbonyl (C=O) groups is 1. The predicted molar refractivity (Wildman–Crippen MR) is 103 cm³/mol. The van der Waals surface area contributed by atoms with Gasteiger partial charge in [-0.25, -0.2) is 4.98 Å². The first-order valence-corrected chi connectivity index (χ1v) is 7.27. The Morgan fingerprint density at radius 2 is 1.96 bits per heavy atom. The number of carbonyl (C=O) groups excluding carboxylic acids is 1. The lowest BCUT2D eigenvalue weighted by Gasteiger charge is -2.15. The molecule has 0 spiro atoms. The van der Waals surface area contributed by atoms with Gasteiger partial charge in [0, 0.05) is 13.3 Å². The molecule has 0 saturated heterocycles. The van der Waals surface area contributed by atoms with Gasteiger partial charge in [-0.05, 0) is 43.2 Å².